The fourth-order valence-corrected chi connectivity index (χ4v) is 4.48. The fraction of sp³-hybridized carbons (Fsp3) is 0.484. The van der Waals surface area contributed by atoms with E-state index in [2.05, 4.69) is 42.8 Å². The summed E-state index contributed by atoms with van der Waals surface area (Å²) >= 11 is 3.48. The lowest BCUT2D eigenvalue weighted by molar-refractivity contribution is -0.118. The van der Waals surface area contributed by atoms with Gasteiger partial charge in [-0.2, -0.15) is 14.7 Å². The minimum absolute atomic E-state index is 0.306. The van der Waals surface area contributed by atoms with Gasteiger partial charge in [0.2, 0.25) is 6.41 Å². The molecule has 12 heteroatoms. The fourth-order valence-electron chi connectivity index (χ4n) is 4.08. The van der Waals surface area contributed by atoms with E-state index in [1.165, 1.54) is 38.7 Å². The van der Waals surface area contributed by atoms with Crippen molar-refractivity contribution in [1.82, 2.24) is 29.9 Å². The lowest BCUT2D eigenvalue weighted by Gasteiger charge is -2.11. The van der Waals surface area contributed by atoms with Crippen LogP contribution >= 0.6 is 15.9 Å². The molecule has 2 aromatic heterocycles. The van der Waals surface area contributed by atoms with E-state index >= 15 is 0 Å². The molecule has 4 heterocycles. The third-order valence-corrected chi connectivity index (χ3v) is 7.11. The molecule has 238 valence electrons. The summed E-state index contributed by atoms with van der Waals surface area (Å²) in [6.07, 6.45) is 14.9. The molecule has 1 amide bonds. The number of nitrogens with zero attached hydrogens (tertiary/aromatic N) is 6. The first-order chi connectivity index (χ1) is 20.7. The van der Waals surface area contributed by atoms with Gasteiger partial charge in [-0.3, -0.25) is 9.79 Å². The Morgan fingerprint density at radius 2 is 1.88 bits per heavy atom. The van der Waals surface area contributed by atoms with Gasteiger partial charge in [-0.1, -0.05) is 33.3 Å². The molecule has 10 nitrogen and oxygen atoms in total. The first-order valence-electron chi connectivity index (χ1n) is 14.5. The van der Waals surface area contributed by atoms with Gasteiger partial charge in [-0.05, 0) is 66.5 Å². The number of amides is 1. The number of hydrogen-bond acceptors (Lipinski definition) is 8. The van der Waals surface area contributed by atoms with Crippen LogP contribution in [0, 0.1) is 0 Å². The Labute approximate surface area is 264 Å². The van der Waals surface area contributed by atoms with E-state index in [1.54, 1.807) is 35.2 Å². The van der Waals surface area contributed by atoms with Gasteiger partial charge < -0.3 is 20.8 Å². The predicted molar refractivity (Wildman–Crippen MR) is 179 cm³/mol. The summed E-state index contributed by atoms with van der Waals surface area (Å²) in [6.45, 7) is 11.7. The second-order valence-corrected chi connectivity index (χ2v) is 10.4. The Balaban J connectivity index is 0.000000474. The van der Waals surface area contributed by atoms with Crippen LogP contribution < -0.4 is 11.1 Å². The van der Waals surface area contributed by atoms with Gasteiger partial charge in [0.15, 0.2) is 5.65 Å². The summed E-state index contributed by atoms with van der Waals surface area (Å²) in [6, 6.07) is 0. The molecule has 2 aliphatic rings. The maximum Gasteiger partial charge on any atom is 0.209 e. The van der Waals surface area contributed by atoms with E-state index in [0.717, 1.165) is 36.3 Å². The Hall–Kier alpha value is -3.19. The lowest BCUT2D eigenvalue weighted by atomic mass is 10.0. The van der Waals surface area contributed by atoms with Crippen molar-refractivity contribution in [1.29, 1.82) is 0 Å². The van der Waals surface area contributed by atoms with Crippen molar-refractivity contribution in [2.75, 3.05) is 47.1 Å². The molecule has 0 aliphatic carbocycles. The molecule has 4 rings (SSSR count). The van der Waals surface area contributed by atoms with E-state index < -0.39 is 0 Å². The predicted octanol–water partition coefficient (Wildman–Crippen LogP) is 6.12. The number of allylic oxidation sites excluding steroid dienone is 6. The van der Waals surface area contributed by atoms with Crippen LogP contribution in [-0.2, 0) is 16.2 Å². The summed E-state index contributed by atoms with van der Waals surface area (Å²) in [7, 11) is 7.13. The molecule has 0 saturated carbocycles. The number of hydrogen-bond donors (Lipinski definition) is 2. The number of halogens is 2. The number of nitrogens with one attached hydrogen (secondary N) is 1. The molecule has 0 atom stereocenters. The quantitative estimate of drug-likeness (QED) is 0.271. The van der Waals surface area contributed by atoms with Gasteiger partial charge in [-0.15, -0.1) is 0 Å². The zero-order valence-corrected chi connectivity index (χ0v) is 28.2. The summed E-state index contributed by atoms with van der Waals surface area (Å²) in [5.74, 6) is 0.168. The third kappa shape index (κ3) is 12.1. The van der Waals surface area contributed by atoms with Crippen LogP contribution in [0.5, 0.6) is 0 Å². The SMILES string of the molecule is C=CC1=C(/C=C(\C)F)C=C(c2cnn3c(N)c(Br)c(CNC)nc23)CC=N1.CC.CON(C)C.O=CN1CCCCCC1. The first-order valence-corrected chi connectivity index (χ1v) is 15.3. The van der Waals surface area contributed by atoms with Crippen molar-refractivity contribution in [2.45, 2.75) is 59.4 Å². The average Bonchev–Trinajstić information content (AvgIpc) is 3.15. The number of carbonyl (C=O) groups is 1. The van der Waals surface area contributed by atoms with Crippen LogP contribution in [0.15, 0.2) is 57.6 Å². The highest BCUT2D eigenvalue weighted by atomic mass is 79.9. The number of fused-ring (bicyclic) bond motifs is 1. The second kappa shape index (κ2) is 20.7. The number of likely N-dealkylation sites (tertiary alicyclic amines) is 1. The van der Waals surface area contributed by atoms with Crippen molar-refractivity contribution < 1.29 is 14.0 Å². The van der Waals surface area contributed by atoms with Crippen LogP contribution in [0.3, 0.4) is 0 Å². The zero-order valence-electron chi connectivity index (χ0n) is 26.7. The maximum atomic E-state index is 13.5. The standard InChI is InChI=1S/C19H20BrFN6.C7H13NO.C3H9NO.C2H6/c1-4-15-13(7-11(2)21)8-12(5-6-24-15)14-9-25-27-18(22)17(20)16(10-23-3)26-19(14)27;9-7-8-5-3-1-2-4-6-8;1-4(2)5-3;1-2/h4,6-9,23H,1,5,10,22H2,2-3H3;7H,1-6H2;1-3H3;1-2H3/b11-7+;;;. The summed E-state index contributed by atoms with van der Waals surface area (Å²) in [4.78, 5) is 25.8. The number of rotatable bonds is 7. The number of carbonyl (C=O) groups excluding carboxylic acids is 1. The zero-order chi connectivity index (χ0) is 32.4. The Morgan fingerprint density at radius 3 is 2.40 bits per heavy atom. The molecule has 2 aromatic rings. The Bertz CT molecular complexity index is 1290. The van der Waals surface area contributed by atoms with Crippen molar-refractivity contribution >= 4 is 45.6 Å². The van der Waals surface area contributed by atoms with E-state index in [4.69, 9.17) is 10.7 Å². The molecule has 3 N–H and O–H groups in total. The second-order valence-electron chi connectivity index (χ2n) is 9.59. The minimum Gasteiger partial charge on any atom is -0.383 e. The van der Waals surface area contributed by atoms with Crippen LogP contribution in [0.1, 0.15) is 64.1 Å². The monoisotopic (exact) mass is 662 g/mol. The maximum absolute atomic E-state index is 13.5. The van der Waals surface area contributed by atoms with Gasteiger partial charge in [0, 0.05) is 57.5 Å². The van der Waals surface area contributed by atoms with Crippen LogP contribution in [0.2, 0.25) is 0 Å². The molecule has 0 bridgehead atoms. The van der Waals surface area contributed by atoms with Crippen LogP contribution in [0.4, 0.5) is 10.2 Å². The molecule has 2 aliphatic heterocycles. The largest absolute Gasteiger partial charge is 0.383 e. The number of nitrogen functional groups attached to an aromatic ring is 1. The van der Waals surface area contributed by atoms with Gasteiger partial charge in [0.25, 0.3) is 0 Å². The molecular formula is C31H48BrFN8O2. The van der Waals surface area contributed by atoms with E-state index in [9.17, 15) is 9.18 Å². The van der Waals surface area contributed by atoms with E-state index in [1.807, 2.05) is 46.0 Å². The van der Waals surface area contributed by atoms with Gasteiger partial charge in [0.05, 0.1) is 35.0 Å². The van der Waals surface area contributed by atoms with Crippen molar-refractivity contribution in [3.63, 3.8) is 0 Å². The van der Waals surface area contributed by atoms with Crippen LogP contribution in [-0.4, -0.2) is 78.5 Å². The van der Waals surface area contributed by atoms with Crippen molar-refractivity contribution in [3.8, 4) is 0 Å². The Morgan fingerprint density at radius 1 is 1.26 bits per heavy atom. The third-order valence-electron chi connectivity index (χ3n) is 6.25. The number of anilines is 1. The molecule has 1 fully saturated rings. The van der Waals surface area contributed by atoms with Crippen molar-refractivity contribution in [2.24, 2.45) is 4.99 Å². The summed E-state index contributed by atoms with van der Waals surface area (Å²) in [5, 5.41) is 9.08. The number of aliphatic imine (C=N–C) groups is 1. The molecule has 0 radical (unpaired) electrons. The molecular weight excluding hydrogens is 615 g/mol. The van der Waals surface area contributed by atoms with Gasteiger partial charge in [-0.25, -0.2) is 9.37 Å². The summed E-state index contributed by atoms with van der Waals surface area (Å²) in [5.41, 5.74) is 10.7. The molecule has 1 saturated heterocycles. The molecule has 43 heavy (non-hydrogen) atoms. The molecule has 0 spiro atoms. The molecule has 0 aromatic carbocycles. The van der Waals surface area contributed by atoms with Gasteiger partial charge in [0.1, 0.15) is 5.82 Å². The van der Waals surface area contributed by atoms with Crippen molar-refractivity contribution in [3.05, 3.63) is 63.8 Å². The number of hydroxylamine groups is 2. The Kier molecular flexibility index (Phi) is 18.2. The van der Waals surface area contributed by atoms with E-state index in [-0.39, 0.29) is 5.83 Å². The average molecular weight is 664 g/mol. The summed E-state index contributed by atoms with van der Waals surface area (Å²) < 4.78 is 15.8. The van der Waals surface area contributed by atoms with Gasteiger partial charge >= 0.3 is 0 Å². The number of aromatic nitrogens is 3. The highest BCUT2D eigenvalue weighted by molar-refractivity contribution is 9.10. The minimum atomic E-state index is -0.306. The smallest absolute Gasteiger partial charge is 0.209 e. The molecule has 0 unspecified atom stereocenters. The van der Waals surface area contributed by atoms with E-state index in [0.29, 0.717) is 40.2 Å². The number of nitrogens with two attached hydrogens (primary N) is 1. The lowest BCUT2D eigenvalue weighted by Crippen LogP contribution is -2.22. The topological polar surface area (TPSA) is 113 Å². The van der Waals surface area contributed by atoms with Crippen LogP contribution in [0.25, 0.3) is 11.2 Å². The highest BCUT2D eigenvalue weighted by Crippen LogP contribution is 2.31. The first kappa shape index (κ1) is 37.8. The highest BCUT2D eigenvalue weighted by Gasteiger charge is 2.18. The normalized spacial score (nSPS) is 15.3.